The van der Waals surface area contributed by atoms with E-state index in [1.54, 1.807) is 23.0 Å². The first-order chi connectivity index (χ1) is 19.0. The normalized spacial score (nSPS) is 27.2. The number of carbonyl (C=O) groups excluding carboxylic acids is 2. The van der Waals surface area contributed by atoms with Crippen molar-refractivity contribution in [3.8, 4) is 11.6 Å². The first kappa shape index (κ1) is 28.2. The molecular formula is C31H42N4O5. The highest BCUT2D eigenvalue weighted by Gasteiger charge is 2.55. The van der Waals surface area contributed by atoms with E-state index < -0.39 is 11.1 Å². The van der Waals surface area contributed by atoms with Crippen molar-refractivity contribution in [2.45, 2.75) is 77.0 Å². The Morgan fingerprint density at radius 3 is 2.50 bits per heavy atom. The lowest BCUT2D eigenvalue weighted by Crippen LogP contribution is -2.61. The van der Waals surface area contributed by atoms with E-state index in [-0.39, 0.29) is 30.4 Å². The molecule has 4 bridgehead atoms. The second kappa shape index (κ2) is 11.3. The highest BCUT2D eigenvalue weighted by molar-refractivity contribution is 5.96. The summed E-state index contributed by atoms with van der Waals surface area (Å²) in [6.07, 6.45) is 9.63. The zero-order chi connectivity index (χ0) is 28.5. The molecule has 0 aliphatic heterocycles. The topological polar surface area (TPSA) is 115 Å². The molecule has 3 N–H and O–H groups in total. The van der Waals surface area contributed by atoms with E-state index in [0.29, 0.717) is 41.6 Å². The molecule has 1 aromatic carbocycles. The molecule has 1 aromatic heterocycles. The average molecular weight is 551 g/mol. The summed E-state index contributed by atoms with van der Waals surface area (Å²) in [6, 6.07) is 9.25. The molecule has 4 aliphatic carbocycles. The monoisotopic (exact) mass is 550 g/mol. The Morgan fingerprint density at radius 2 is 1.85 bits per heavy atom. The second-order valence-electron chi connectivity index (χ2n) is 12.9. The van der Waals surface area contributed by atoms with Gasteiger partial charge in [0.2, 0.25) is 5.88 Å². The lowest BCUT2D eigenvalue weighted by Gasteiger charge is -2.58. The van der Waals surface area contributed by atoms with E-state index in [1.807, 2.05) is 52.0 Å². The maximum absolute atomic E-state index is 13.5. The fraction of sp³-hybridized carbons (Fsp3) is 0.581. The van der Waals surface area contributed by atoms with Crippen LogP contribution in [0.15, 0.2) is 42.6 Å². The van der Waals surface area contributed by atoms with Crippen molar-refractivity contribution < 1.29 is 24.2 Å². The van der Waals surface area contributed by atoms with Crippen LogP contribution in [0.3, 0.4) is 0 Å². The summed E-state index contributed by atoms with van der Waals surface area (Å²) >= 11 is 0. The molecule has 0 radical (unpaired) electrons. The standard InChI is InChI=1S/C31H42N4O5/c1-20(2)18-40-29-25(28(37)33-27-22-12-21-13-23(27)16-31(38,14-21)15-22)17-32-35(29)11-10-30(3,4)34-26(36)19-39-24-8-6-5-7-9-24/h5-11,17,20-23,27,38H,12-16,18-19H2,1-4H3,(H,33,37)(H,34,36). The molecular weight excluding hydrogens is 508 g/mol. The lowest BCUT2D eigenvalue weighted by atomic mass is 9.52. The van der Waals surface area contributed by atoms with E-state index in [9.17, 15) is 14.7 Å². The number of carbonyl (C=O) groups is 2. The van der Waals surface area contributed by atoms with Crippen molar-refractivity contribution in [3.05, 3.63) is 48.2 Å². The number of ether oxygens (including phenoxy) is 2. The molecule has 9 nitrogen and oxygen atoms in total. The second-order valence-corrected chi connectivity index (χ2v) is 12.9. The van der Waals surface area contributed by atoms with Crippen LogP contribution in [-0.4, -0.2) is 57.1 Å². The van der Waals surface area contributed by atoms with Gasteiger partial charge in [-0.1, -0.05) is 32.0 Å². The minimum atomic E-state index is -0.707. The van der Waals surface area contributed by atoms with E-state index in [4.69, 9.17) is 9.47 Å². The van der Waals surface area contributed by atoms with Crippen LogP contribution in [0.2, 0.25) is 0 Å². The van der Waals surface area contributed by atoms with Gasteiger partial charge in [-0.25, -0.2) is 4.68 Å². The van der Waals surface area contributed by atoms with Gasteiger partial charge in [-0.3, -0.25) is 9.59 Å². The quantitative estimate of drug-likeness (QED) is 0.389. The molecule has 6 rings (SSSR count). The molecule has 216 valence electrons. The molecule has 2 unspecified atom stereocenters. The summed E-state index contributed by atoms with van der Waals surface area (Å²) in [6.45, 7) is 8.17. The van der Waals surface area contributed by atoms with Gasteiger partial charge in [-0.15, -0.1) is 0 Å². The molecule has 40 heavy (non-hydrogen) atoms. The summed E-state index contributed by atoms with van der Waals surface area (Å²) in [7, 11) is 0. The van der Waals surface area contributed by atoms with Crippen molar-refractivity contribution in [1.29, 1.82) is 0 Å². The highest BCUT2D eigenvalue weighted by Crippen LogP contribution is 2.55. The molecule has 4 fully saturated rings. The van der Waals surface area contributed by atoms with Gasteiger partial charge in [0.15, 0.2) is 6.61 Å². The van der Waals surface area contributed by atoms with Gasteiger partial charge < -0.3 is 25.2 Å². The lowest BCUT2D eigenvalue weighted by molar-refractivity contribution is -0.137. The molecule has 1 heterocycles. The summed E-state index contributed by atoms with van der Waals surface area (Å²) in [4.78, 5) is 26.0. The zero-order valence-corrected chi connectivity index (χ0v) is 23.9. The molecule has 2 amide bonds. The largest absolute Gasteiger partial charge is 0.484 e. The maximum atomic E-state index is 13.5. The van der Waals surface area contributed by atoms with Crippen molar-refractivity contribution in [2.75, 3.05) is 13.2 Å². The number of hydrogen-bond acceptors (Lipinski definition) is 6. The SMILES string of the molecule is CC(C)COc1c(C(=O)NC2C3CC4CC2CC(O)(C4)C3)cnn1C=CC(C)(C)NC(=O)COc1ccccc1. The smallest absolute Gasteiger partial charge is 0.258 e. The van der Waals surface area contributed by atoms with Crippen molar-refractivity contribution in [3.63, 3.8) is 0 Å². The van der Waals surface area contributed by atoms with Crippen LogP contribution in [-0.2, 0) is 4.79 Å². The summed E-state index contributed by atoms with van der Waals surface area (Å²) in [5.41, 5.74) is -0.869. The Kier molecular flexibility index (Phi) is 7.95. The van der Waals surface area contributed by atoms with Crippen molar-refractivity contribution in [2.24, 2.45) is 23.7 Å². The Morgan fingerprint density at radius 1 is 1.15 bits per heavy atom. The van der Waals surface area contributed by atoms with Crippen LogP contribution in [0, 0.1) is 23.7 Å². The molecule has 4 saturated carbocycles. The molecule has 0 saturated heterocycles. The van der Waals surface area contributed by atoms with Gasteiger partial charge in [-0.05, 0) is 87.8 Å². The van der Waals surface area contributed by atoms with E-state index in [2.05, 4.69) is 15.7 Å². The van der Waals surface area contributed by atoms with Gasteiger partial charge in [-0.2, -0.15) is 5.10 Å². The summed E-state index contributed by atoms with van der Waals surface area (Å²) in [5, 5.41) is 21.6. The number of amides is 2. The first-order valence-electron chi connectivity index (χ1n) is 14.4. The van der Waals surface area contributed by atoms with Gasteiger partial charge in [0.1, 0.15) is 11.3 Å². The summed E-state index contributed by atoms with van der Waals surface area (Å²) < 4.78 is 13.2. The Bertz CT molecular complexity index is 1220. The fourth-order valence-electron chi connectivity index (χ4n) is 6.81. The third kappa shape index (κ3) is 6.52. The van der Waals surface area contributed by atoms with Crippen LogP contribution >= 0.6 is 0 Å². The molecule has 2 atom stereocenters. The van der Waals surface area contributed by atoms with Crippen LogP contribution in [0.1, 0.15) is 70.2 Å². The van der Waals surface area contributed by atoms with Crippen molar-refractivity contribution in [1.82, 2.24) is 20.4 Å². The van der Waals surface area contributed by atoms with Gasteiger partial charge in [0, 0.05) is 12.2 Å². The zero-order valence-electron chi connectivity index (χ0n) is 23.9. The maximum Gasteiger partial charge on any atom is 0.258 e. The number of nitrogens with one attached hydrogen (secondary N) is 2. The Labute approximate surface area is 236 Å². The number of hydrogen-bond donors (Lipinski definition) is 3. The first-order valence-corrected chi connectivity index (χ1v) is 14.4. The minimum absolute atomic E-state index is 0.0633. The molecule has 4 aliphatic rings. The van der Waals surface area contributed by atoms with Crippen LogP contribution in [0.5, 0.6) is 11.6 Å². The van der Waals surface area contributed by atoms with Gasteiger partial charge >= 0.3 is 0 Å². The number of para-hydroxylation sites is 1. The van der Waals surface area contributed by atoms with Crippen LogP contribution < -0.4 is 20.1 Å². The van der Waals surface area contributed by atoms with Crippen molar-refractivity contribution >= 4 is 18.0 Å². The van der Waals surface area contributed by atoms with Gasteiger partial charge in [0.25, 0.3) is 11.8 Å². The fourth-order valence-corrected chi connectivity index (χ4v) is 6.81. The number of benzene rings is 1. The van der Waals surface area contributed by atoms with Gasteiger partial charge in [0.05, 0.1) is 23.9 Å². The Hall–Kier alpha value is -3.33. The number of aromatic nitrogens is 2. The predicted octanol–water partition coefficient (Wildman–Crippen LogP) is 4.03. The Balaban J connectivity index is 1.26. The van der Waals surface area contributed by atoms with Crippen LogP contribution in [0.4, 0.5) is 0 Å². The number of aliphatic hydroxyl groups is 1. The minimum Gasteiger partial charge on any atom is -0.484 e. The molecule has 9 heteroatoms. The predicted molar refractivity (Wildman–Crippen MR) is 152 cm³/mol. The third-order valence-electron chi connectivity index (χ3n) is 8.29. The van der Waals surface area contributed by atoms with E-state index >= 15 is 0 Å². The summed E-state index contributed by atoms with van der Waals surface area (Å²) in [5.74, 6) is 2.00. The van der Waals surface area contributed by atoms with E-state index in [1.165, 1.54) is 6.20 Å². The molecule has 0 spiro atoms. The third-order valence-corrected chi connectivity index (χ3v) is 8.29. The number of nitrogens with zero attached hydrogens (tertiary/aromatic N) is 2. The molecule has 2 aromatic rings. The highest BCUT2D eigenvalue weighted by atomic mass is 16.5. The van der Waals surface area contributed by atoms with E-state index in [0.717, 1.165) is 32.1 Å². The number of rotatable bonds is 11. The average Bonchev–Trinajstić information content (AvgIpc) is 3.29. The van der Waals surface area contributed by atoms with Crippen LogP contribution in [0.25, 0.3) is 6.20 Å².